The van der Waals surface area contributed by atoms with Gasteiger partial charge in [-0.15, -0.1) is 0 Å². The Morgan fingerprint density at radius 3 is 3.11 bits per heavy atom. The van der Waals surface area contributed by atoms with Crippen molar-refractivity contribution in [3.63, 3.8) is 0 Å². The summed E-state index contributed by atoms with van der Waals surface area (Å²) in [6.07, 6.45) is 4.22. The molecule has 19 heavy (non-hydrogen) atoms. The molecule has 2 aliphatic rings. The highest BCUT2D eigenvalue weighted by molar-refractivity contribution is 5.57. The van der Waals surface area contributed by atoms with E-state index in [0.717, 1.165) is 44.1 Å². The summed E-state index contributed by atoms with van der Waals surface area (Å²) in [6, 6.07) is 8.10. The molecule has 0 spiro atoms. The molecule has 0 saturated carbocycles. The zero-order chi connectivity index (χ0) is 12.9. The lowest BCUT2D eigenvalue weighted by Gasteiger charge is -2.27. The molecule has 0 aromatic heterocycles. The number of fused-ring (bicyclic) bond motifs is 1. The van der Waals surface area contributed by atoms with Crippen LogP contribution in [0.15, 0.2) is 24.3 Å². The third-order valence-corrected chi connectivity index (χ3v) is 3.74. The van der Waals surface area contributed by atoms with Gasteiger partial charge in [0.2, 0.25) is 0 Å². The summed E-state index contributed by atoms with van der Waals surface area (Å²) in [5, 5.41) is 6.87. The van der Waals surface area contributed by atoms with Crippen molar-refractivity contribution in [1.29, 1.82) is 0 Å². The molecule has 2 atom stereocenters. The van der Waals surface area contributed by atoms with Gasteiger partial charge >= 0.3 is 0 Å². The van der Waals surface area contributed by atoms with Gasteiger partial charge in [0.05, 0.1) is 18.3 Å². The number of ether oxygens (including phenoxy) is 2. The average molecular weight is 262 g/mol. The number of benzene rings is 1. The van der Waals surface area contributed by atoms with Gasteiger partial charge in [-0.3, -0.25) is 0 Å². The highest BCUT2D eigenvalue weighted by Gasteiger charge is 2.19. The third-order valence-electron chi connectivity index (χ3n) is 3.74. The Morgan fingerprint density at radius 2 is 2.21 bits per heavy atom. The third kappa shape index (κ3) is 3.39. The molecule has 2 N–H and O–H groups in total. The van der Waals surface area contributed by atoms with Gasteiger partial charge in [0.15, 0.2) is 0 Å². The van der Waals surface area contributed by atoms with Crippen molar-refractivity contribution in [2.45, 2.75) is 31.5 Å². The number of nitrogens with one attached hydrogen (secondary N) is 2. The number of hydrogen-bond acceptors (Lipinski definition) is 4. The highest BCUT2D eigenvalue weighted by Crippen LogP contribution is 2.27. The van der Waals surface area contributed by atoms with Crippen molar-refractivity contribution >= 4 is 5.69 Å². The van der Waals surface area contributed by atoms with E-state index in [1.807, 2.05) is 18.2 Å². The Balaban J connectivity index is 1.37. The summed E-state index contributed by atoms with van der Waals surface area (Å²) in [5.41, 5.74) is 1.10. The molecule has 3 rings (SSSR count). The molecular weight excluding hydrogens is 240 g/mol. The van der Waals surface area contributed by atoms with Gasteiger partial charge in [-0.2, -0.15) is 0 Å². The van der Waals surface area contributed by atoms with Crippen LogP contribution >= 0.6 is 0 Å². The van der Waals surface area contributed by atoms with E-state index in [1.165, 1.54) is 12.8 Å². The van der Waals surface area contributed by atoms with Gasteiger partial charge in [-0.05, 0) is 37.9 Å². The van der Waals surface area contributed by atoms with Gasteiger partial charge in [0.25, 0.3) is 0 Å². The van der Waals surface area contributed by atoms with Gasteiger partial charge in [0, 0.05) is 13.2 Å². The second-order valence-electron chi connectivity index (χ2n) is 5.24. The van der Waals surface area contributed by atoms with Crippen LogP contribution in [0.5, 0.6) is 5.75 Å². The van der Waals surface area contributed by atoms with Crippen LogP contribution in [-0.2, 0) is 4.74 Å². The Morgan fingerprint density at radius 1 is 1.26 bits per heavy atom. The predicted octanol–water partition coefficient (Wildman–Crippen LogP) is 2.02. The quantitative estimate of drug-likeness (QED) is 0.797. The van der Waals surface area contributed by atoms with Gasteiger partial charge in [0.1, 0.15) is 11.9 Å². The van der Waals surface area contributed by atoms with E-state index in [0.29, 0.717) is 6.10 Å². The molecule has 0 radical (unpaired) electrons. The smallest absolute Gasteiger partial charge is 0.142 e. The molecule has 0 aliphatic carbocycles. The lowest BCUT2D eigenvalue weighted by Crippen LogP contribution is -2.40. The average Bonchev–Trinajstić information content (AvgIpc) is 2.97. The molecule has 2 unspecified atom stereocenters. The Kier molecular flexibility index (Phi) is 4.20. The predicted molar refractivity (Wildman–Crippen MR) is 75.8 cm³/mol. The standard InChI is InChI=1S/C15H22N2O2/c1-2-6-15-14(5-1)17-11-13(19-15)10-16-8-7-12-4-3-9-18-12/h1-2,5-6,12-13,16-17H,3-4,7-11H2. The molecule has 104 valence electrons. The minimum Gasteiger partial charge on any atom is -0.485 e. The fraction of sp³-hybridized carbons (Fsp3) is 0.600. The molecule has 1 aromatic rings. The fourth-order valence-corrected chi connectivity index (χ4v) is 2.67. The normalized spacial score (nSPS) is 25.5. The van der Waals surface area contributed by atoms with Crippen molar-refractivity contribution in [2.24, 2.45) is 0 Å². The lowest BCUT2D eigenvalue weighted by molar-refractivity contribution is 0.103. The first-order chi connectivity index (χ1) is 9.42. The molecule has 1 aromatic carbocycles. The second-order valence-corrected chi connectivity index (χ2v) is 5.24. The van der Waals surface area contributed by atoms with E-state index >= 15 is 0 Å². The van der Waals surface area contributed by atoms with Crippen molar-refractivity contribution in [2.75, 3.05) is 31.6 Å². The number of rotatable bonds is 5. The maximum Gasteiger partial charge on any atom is 0.142 e. The van der Waals surface area contributed by atoms with Crippen LogP contribution in [0.4, 0.5) is 5.69 Å². The summed E-state index contributed by atoms with van der Waals surface area (Å²) in [7, 11) is 0. The first-order valence-corrected chi connectivity index (χ1v) is 7.24. The van der Waals surface area contributed by atoms with Crippen LogP contribution in [0.2, 0.25) is 0 Å². The van der Waals surface area contributed by atoms with E-state index in [9.17, 15) is 0 Å². The minimum atomic E-state index is 0.208. The second kappa shape index (κ2) is 6.26. The maximum atomic E-state index is 5.95. The minimum absolute atomic E-state index is 0.208. The monoisotopic (exact) mass is 262 g/mol. The number of para-hydroxylation sites is 2. The van der Waals surface area contributed by atoms with Crippen molar-refractivity contribution in [1.82, 2.24) is 5.32 Å². The van der Waals surface area contributed by atoms with Crippen LogP contribution in [0.25, 0.3) is 0 Å². The van der Waals surface area contributed by atoms with Crippen LogP contribution in [0.1, 0.15) is 19.3 Å². The van der Waals surface area contributed by atoms with Crippen LogP contribution in [-0.4, -0.2) is 38.4 Å². The van der Waals surface area contributed by atoms with Gasteiger partial charge in [-0.25, -0.2) is 0 Å². The Labute approximate surface area is 114 Å². The highest BCUT2D eigenvalue weighted by atomic mass is 16.5. The molecular formula is C15H22N2O2. The summed E-state index contributed by atoms with van der Waals surface area (Å²) in [6.45, 7) is 3.70. The van der Waals surface area contributed by atoms with E-state index < -0.39 is 0 Å². The molecule has 0 bridgehead atoms. The Hall–Kier alpha value is -1.26. The van der Waals surface area contributed by atoms with Crippen molar-refractivity contribution in [3.05, 3.63) is 24.3 Å². The zero-order valence-electron chi connectivity index (χ0n) is 11.2. The first kappa shape index (κ1) is 12.8. The summed E-state index contributed by atoms with van der Waals surface area (Å²) < 4.78 is 11.6. The molecule has 1 saturated heterocycles. The maximum absolute atomic E-state index is 5.95. The van der Waals surface area contributed by atoms with Crippen LogP contribution in [0.3, 0.4) is 0 Å². The van der Waals surface area contributed by atoms with Gasteiger partial charge < -0.3 is 20.1 Å². The van der Waals surface area contributed by atoms with E-state index in [-0.39, 0.29) is 6.10 Å². The topological polar surface area (TPSA) is 42.5 Å². The Bertz CT molecular complexity index is 405. The largest absolute Gasteiger partial charge is 0.485 e. The fourth-order valence-electron chi connectivity index (χ4n) is 2.67. The van der Waals surface area contributed by atoms with Crippen LogP contribution < -0.4 is 15.4 Å². The summed E-state index contributed by atoms with van der Waals surface area (Å²) in [5.74, 6) is 0.958. The SMILES string of the molecule is c1ccc2c(c1)NCC(CNCCC1CCCO1)O2. The summed E-state index contributed by atoms with van der Waals surface area (Å²) in [4.78, 5) is 0. The van der Waals surface area contributed by atoms with Crippen molar-refractivity contribution < 1.29 is 9.47 Å². The van der Waals surface area contributed by atoms with Crippen LogP contribution in [0, 0.1) is 0 Å². The molecule has 2 heterocycles. The number of anilines is 1. The molecule has 0 amide bonds. The molecule has 4 nitrogen and oxygen atoms in total. The van der Waals surface area contributed by atoms with E-state index in [4.69, 9.17) is 9.47 Å². The van der Waals surface area contributed by atoms with Crippen molar-refractivity contribution in [3.8, 4) is 5.75 Å². The number of hydrogen-bond donors (Lipinski definition) is 2. The molecule has 4 heteroatoms. The molecule has 2 aliphatic heterocycles. The molecule has 1 fully saturated rings. The lowest BCUT2D eigenvalue weighted by atomic mass is 10.2. The summed E-state index contributed by atoms with van der Waals surface area (Å²) >= 11 is 0. The zero-order valence-corrected chi connectivity index (χ0v) is 11.2. The first-order valence-electron chi connectivity index (χ1n) is 7.24. The van der Waals surface area contributed by atoms with Gasteiger partial charge in [-0.1, -0.05) is 12.1 Å². The van der Waals surface area contributed by atoms with E-state index in [2.05, 4.69) is 16.7 Å². The van der Waals surface area contributed by atoms with E-state index in [1.54, 1.807) is 0 Å².